The zero-order valence-electron chi connectivity index (χ0n) is 13.6. The number of carbonyl (C=O) groups is 1. The Hall–Kier alpha value is -4.22. The summed E-state index contributed by atoms with van der Waals surface area (Å²) in [5, 5.41) is 33.8. The third kappa shape index (κ3) is 3.73. The number of hydrogen-bond donors (Lipinski definition) is 1. The molecule has 0 atom stereocenters. The molecule has 136 valence electrons. The summed E-state index contributed by atoms with van der Waals surface area (Å²) in [5.41, 5.74) is 5.34. The van der Waals surface area contributed by atoms with Crippen LogP contribution in [0.25, 0.3) is 11.4 Å². The summed E-state index contributed by atoms with van der Waals surface area (Å²) >= 11 is 0. The predicted molar refractivity (Wildman–Crippen MR) is 90.6 cm³/mol. The molecule has 27 heavy (non-hydrogen) atoms. The lowest BCUT2D eigenvalue weighted by atomic mass is 10.1. The quantitative estimate of drug-likeness (QED) is 0.500. The van der Waals surface area contributed by atoms with E-state index in [9.17, 15) is 25.0 Å². The molecule has 12 nitrogen and oxygen atoms in total. The highest BCUT2D eigenvalue weighted by molar-refractivity contribution is 5.93. The number of benzene rings is 2. The minimum atomic E-state index is -0.781. The summed E-state index contributed by atoms with van der Waals surface area (Å²) in [6.07, 6.45) is 0. The normalized spacial score (nSPS) is 10.5. The van der Waals surface area contributed by atoms with Crippen LogP contribution in [0.2, 0.25) is 0 Å². The molecule has 0 unspecified atom stereocenters. The highest BCUT2D eigenvalue weighted by Gasteiger charge is 2.18. The number of nitrogens with zero attached hydrogens (tertiary/aromatic N) is 6. The third-order valence-corrected chi connectivity index (χ3v) is 3.65. The number of rotatable bonds is 6. The second kappa shape index (κ2) is 6.95. The maximum atomic E-state index is 11.2. The van der Waals surface area contributed by atoms with E-state index in [1.165, 1.54) is 30.3 Å². The van der Waals surface area contributed by atoms with Crippen LogP contribution in [0.1, 0.15) is 15.9 Å². The number of aromatic nitrogens is 4. The summed E-state index contributed by atoms with van der Waals surface area (Å²) in [7, 11) is 0. The van der Waals surface area contributed by atoms with Crippen molar-refractivity contribution in [2.75, 3.05) is 0 Å². The molecule has 0 bridgehead atoms. The van der Waals surface area contributed by atoms with E-state index in [0.29, 0.717) is 5.56 Å². The average molecular weight is 369 g/mol. The van der Waals surface area contributed by atoms with Crippen LogP contribution in [-0.4, -0.2) is 36.0 Å². The van der Waals surface area contributed by atoms with E-state index < -0.39 is 15.8 Å². The van der Waals surface area contributed by atoms with Crippen molar-refractivity contribution in [2.45, 2.75) is 6.54 Å². The SMILES string of the molecule is NC(=O)c1ccc(Cn2nnc(-c3cccc([N+](=O)[O-])c3)n2)c([N+](=O)[O-])c1. The molecule has 0 fully saturated rings. The first-order valence-corrected chi connectivity index (χ1v) is 7.45. The van der Waals surface area contributed by atoms with Gasteiger partial charge in [-0.2, -0.15) is 4.80 Å². The molecule has 1 aromatic heterocycles. The Bertz CT molecular complexity index is 1060. The van der Waals surface area contributed by atoms with Gasteiger partial charge in [-0.3, -0.25) is 25.0 Å². The molecule has 2 aromatic carbocycles. The summed E-state index contributed by atoms with van der Waals surface area (Å²) in [5.74, 6) is -0.647. The summed E-state index contributed by atoms with van der Waals surface area (Å²) in [4.78, 5) is 33.2. The van der Waals surface area contributed by atoms with E-state index in [0.717, 1.165) is 10.9 Å². The lowest BCUT2D eigenvalue weighted by Gasteiger charge is -2.03. The number of carbonyl (C=O) groups excluding carboxylic acids is 1. The number of primary amides is 1. The van der Waals surface area contributed by atoms with Gasteiger partial charge in [0, 0.05) is 29.3 Å². The first-order valence-electron chi connectivity index (χ1n) is 7.45. The number of hydrogen-bond acceptors (Lipinski definition) is 8. The molecule has 12 heteroatoms. The smallest absolute Gasteiger partial charge is 0.275 e. The van der Waals surface area contributed by atoms with Gasteiger partial charge in [0.1, 0.15) is 0 Å². The van der Waals surface area contributed by atoms with E-state index >= 15 is 0 Å². The van der Waals surface area contributed by atoms with Crippen LogP contribution in [0.4, 0.5) is 11.4 Å². The summed E-state index contributed by atoms with van der Waals surface area (Å²) < 4.78 is 0. The highest BCUT2D eigenvalue weighted by atomic mass is 16.6. The van der Waals surface area contributed by atoms with Crippen molar-refractivity contribution in [1.29, 1.82) is 0 Å². The van der Waals surface area contributed by atoms with Crippen LogP contribution < -0.4 is 5.73 Å². The van der Waals surface area contributed by atoms with E-state index in [-0.39, 0.29) is 34.9 Å². The average Bonchev–Trinajstić information content (AvgIpc) is 3.10. The van der Waals surface area contributed by atoms with Crippen molar-refractivity contribution >= 4 is 17.3 Å². The predicted octanol–water partition coefficient (Wildman–Crippen LogP) is 1.30. The number of amides is 1. The van der Waals surface area contributed by atoms with Crippen molar-refractivity contribution < 1.29 is 14.6 Å². The zero-order chi connectivity index (χ0) is 19.6. The van der Waals surface area contributed by atoms with Crippen LogP contribution in [-0.2, 0) is 6.54 Å². The van der Waals surface area contributed by atoms with Gasteiger partial charge in [0.05, 0.1) is 22.0 Å². The molecule has 1 heterocycles. The highest BCUT2D eigenvalue weighted by Crippen LogP contribution is 2.22. The standard InChI is InChI=1S/C15H11N7O5/c16-14(23)9-4-5-11(13(7-9)22(26)27)8-20-18-15(17-19-20)10-2-1-3-12(6-10)21(24)25/h1-7H,8H2,(H2,16,23). The molecule has 0 aliphatic heterocycles. The number of nitro groups is 2. The van der Waals surface area contributed by atoms with Crippen LogP contribution in [0.3, 0.4) is 0 Å². The van der Waals surface area contributed by atoms with Gasteiger partial charge in [0.15, 0.2) is 0 Å². The topological polar surface area (TPSA) is 173 Å². The van der Waals surface area contributed by atoms with Gasteiger partial charge in [-0.1, -0.05) is 12.1 Å². The fourth-order valence-corrected chi connectivity index (χ4v) is 2.36. The molecular formula is C15H11N7O5. The molecule has 0 aliphatic carbocycles. The molecule has 0 aliphatic rings. The minimum Gasteiger partial charge on any atom is -0.366 e. The third-order valence-electron chi connectivity index (χ3n) is 3.65. The van der Waals surface area contributed by atoms with Crippen LogP contribution in [0.5, 0.6) is 0 Å². The molecule has 0 radical (unpaired) electrons. The summed E-state index contributed by atoms with van der Waals surface area (Å²) in [6.45, 7) is -0.0860. The lowest BCUT2D eigenvalue weighted by Crippen LogP contribution is -2.12. The second-order valence-corrected chi connectivity index (χ2v) is 5.42. The molecular weight excluding hydrogens is 358 g/mol. The number of non-ortho nitro benzene ring substituents is 1. The summed E-state index contributed by atoms with van der Waals surface area (Å²) in [6, 6.07) is 9.52. The van der Waals surface area contributed by atoms with Crippen LogP contribution in [0, 0.1) is 20.2 Å². The van der Waals surface area contributed by atoms with Gasteiger partial charge in [-0.05, 0) is 17.3 Å². The molecule has 0 spiro atoms. The molecule has 0 saturated heterocycles. The Morgan fingerprint density at radius 1 is 1.11 bits per heavy atom. The Morgan fingerprint density at radius 2 is 1.89 bits per heavy atom. The maximum Gasteiger partial charge on any atom is 0.275 e. The molecule has 3 rings (SSSR count). The zero-order valence-corrected chi connectivity index (χ0v) is 13.6. The van der Waals surface area contributed by atoms with Crippen molar-refractivity contribution in [2.24, 2.45) is 5.73 Å². The monoisotopic (exact) mass is 369 g/mol. The van der Waals surface area contributed by atoms with Gasteiger partial charge in [-0.15, -0.1) is 10.2 Å². The Balaban J connectivity index is 1.90. The molecule has 0 saturated carbocycles. The first-order chi connectivity index (χ1) is 12.8. The van der Waals surface area contributed by atoms with Crippen molar-refractivity contribution in [3.63, 3.8) is 0 Å². The first kappa shape index (κ1) is 17.6. The maximum absolute atomic E-state index is 11.2. The molecule has 1 amide bonds. The molecule has 3 aromatic rings. The number of nitro benzene ring substituents is 2. The van der Waals surface area contributed by atoms with Gasteiger partial charge in [0.2, 0.25) is 11.7 Å². The van der Waals surface area contributed by atoms with Crippen molar-refractivity contribution in [3.05, 3.63) is 73.8 Å². The van der Waals surface area contributed by atoms with E-state index in [1.807, 2.05) is 0 Å². The van der Waals surface area contributed by atoms with Crippen LogP contribution in [0.15, 0.2) is 42.5 Å². The second-order valence-electron chi connectivity index (χ2n) is 5.42. The number of nitrogens with two attached hydrogens (primary N) is 1. The molecule has 2 N–H and O–H groups in total. The van der Waals surface area contributed by atoms with Gasteiger partial charge < -0.3 is 5.73 Å². The van der Waals surface area contributed by atoms with E-state index in [2.05, 4.69) is 15.4 Å². The minimum absolute atomic E-state index is 0.00860. The Kier molecular flexibility index (Phi) is 4.53. The Morgan fingerprint density at radius 3 is 2.56 bits per heavy atom. The largest absolute Gasteiger partial charge is 0.366 e. The van der Waals surface area contributed by atoms with Crippen molar-refractivity contribution in [3.8, 4) is 11.4 Å². The van der Waals surface area contributed by atoms with Gasteiger partial charge in [0.25, 0.3) is 11.4 Å². The van der Waals surface area contributed by atoms with Crippen LogP contribution >= 0.6 is 0 Å². The lowest BCUT2D eigenvalue weighted by molar-refractivity contribution is -0.385. The number of tetrazole rings is 1. The van der Waals surface area contributed by atoms with Crippen molar-refractivity contribution in [1.82, 2.24) is 20.2 Å². The Labute approximate surface area is 150 Å². The van der Waals surface area contributed by atoms with Gasteiger partial charge in [-0.25, -0.2) is 0 Å². The van der Waals surface area contributed by atoms with E-state index in [4.69, 9.17) is 5.73 Å². The fraction of sp³-hybridized carbons (Fsp3) is 0.0667. The fourth-order valence-electron chi connectivity index (χ4n) is 2.36. The van der Waals surface area contributed by atoms with E-state index in [1.54, 1.807) is 6.07 Å². The van der Waals surface area contributed by atoms with Gasteiger partial charge >= 0.3 is 0 Å².